The Bertz CT molecular complexity index is 755. The highest BCUT2D eigenvalue weighted by atomic mass is 35.5. The Labute approximate surface area is 129 Å². The minimum atomic E-state index is 0.0540. The standard InChI is InChI=1S/C18H17ClN2/c1-2-20-18(14-7-5-8-15(19)12-14)17-11-10-13-6-3-4-9-16(13)21-17/h3-12,18,20H,2H2,1H3. The predicted molar refractivity (Wildman–Crippen MR) is 88.7 cm³/mol. The van der Waals surface area contributed by atoms with Crippen molar-refractivity contribution in [2.75, 3.05) is 6.54 Å². The van der Waals surface area contributed by atoms with Gasteiger partial charge in [0.05, 0.1) is 17.3 Å². The zero-order chi connectivity index (χ0) is 14.7. The zero-order valence-electron chi connectivity index (χ0n) is 11.9. The fourth-order valence-corrected chi connectivity index (χ4v) is 2.72. The molecule has 0 radical (unpaired) electrons. The molecule has 2 aromatic carbocycles. The molecule has 0 aliphatic heterocycles. The van der Waals surface area contributed by atoms with Crippen LogP contribution in [-0.4, -0.2) is 11.5 Å². The van der Waals surface area contributed by atoms with Crippen LogP contribution < -0.4 is 5.32 Å². The van der Waals surface area contributed by atoms with Gasteiger partial charge in [0.2, 0.25) is 0 Å². The Hall–Kier alpha value is -1.90. The first kappa shape index (κ1) is 14.1. The molecule has 1 atom stereocenters. The SMILES string of the molecule is CCNC(c1cccc(Cl)c1)c1ccc2ccccc2n1. The Balaban J connectivity index is 2.06. The lowest BCUT2D eigenvalue weighted by Crippen LogP contribution is -2.22. The molecule has 106 valence electrons. The second-order valence-electron chi connectivity index (χ2n) is 4.97. The first-order valence-corrected chi connectivity index (χ1v) is 7.50. The first-order valence-electron chi connectivity index (χ1n) is 7.12. The summed E-state index contributed by atoms with van der Waals surface area (Å²) in [4.78, 5) is 4.79. The first-order chi connectivity index (χ1) is 10.3. The summed E-state index contributed by atoms with van der Waals surface area (Å²) in [6, 6.07) is 20.4. The van der Waals surface area contributed by atoms with Crippen LogP contribution >= 0.6 is 11.6 Å². The van der Waals surface area contributed by atoms with Gasteiger partial charge in [0, 0.05) is 10.4 Å². The van der Waals surface area contributed by atoms with E-state index in [4.69, 9.17) is 16.6 Å². The van der Waals surface area contributed by atoms with E-state index in [-0.39, 0.29) is 6.04 Å². The summed E-state index contributed by atoms with van der Waals surface area (Å²) in [5.41, 5.74) is 3.16. The molecule has 0 aliphatic carbocycles. The Morgan fingerprint density at radius 2 is 1.90 bits per heavy atom. The van der Waals surface area contributed by atoms with Crippen LogP contribution in [0.4, 0.5) is 0 Å². The highest BCUT2D eigenvalue weighted by Crippen LogP contribution is 2.24. The van der Waals surface area contributed by atoms with Gasteiger partial charge in [0.25, 0.3) is 0 Å². The number of hydrogen-bond donors (Lipinski definition) is 1. The molecule has 3 rings (SSSR count). The lowest BCUT2D eigenvalue weighted by atomic mass is 10.0. The second-order valence-corrected chi connectivity index (χ2v) is 5.41. The van der Waals surface area contributed by atoms with E-state index in [0.29, 0.717) is 0 Å². The van der Waals surface area contributed by atoms with E-state index in [0.717, 1.165) is 33.7 Å². The van der Waals surface area contributed by atoms with E-state index in [1.807, 2.05) is 36.4 Å². The van der Waals surface area contributed by atoms with Crippen molar-refractivity contribution in [2.45, 2.75) is 13.0 Å². The van der Waals surface area contributed by atoms with E-state index in [9.17, 15) is 0 Å². The maximum atomic E-state index is 6.12. The lowest BCUT2D eigenvalue weighted by molar-refractivity contribution is 0.617. The van der Waals surface area contributed by atoms with Gasteiger partial charge in [-0.15, -0.1) is 0 Å². The number of halogens is 1. The van der Waals surface area contributed by atoms with Crippen molar-refractivity contribution in [3.05, 3.63) is 76.9 Å². The Morgan fingerprint density at radius 1 is 1.05 bits per heavy atom. The van der Waals surface area contributed by atoms with Crippen molar-refractivity contribution in [3.8, 4) is 0 Å². The van der Waals surface area contributed by atoms with Crippen LogP contribution in [0.1, 0.15) is 24.2 Å². The molecule has 0 spiro atoms. The molecule has 1 unspecified atom stereocenters. The van der Waals surface area contributed by atoms with Gasteiger partial charge >= 0.3 is 0 Å². The molecule has 3 aromatic rings. The van der Waals surface area contributed by atoms with Crippen LogP contribution in [0, 0.1) is 0 Å². The van der Waals surface area contributed by atoms with E-state index in [1.165, 1.54) is 0 Å². The highest BCUT2D eigenvalue weighted by molar-refractivity contribution is 6.30. The van der Waals surface area contributed by atoms with Gasteiger partial charge < -0.3 is 5.32 Å². The maximum absolute atomic E-state index is 6.12. The predicted octanol–water partition coefficient (Wildman–Crippen LogP) is 4.59. The van der Waals surface area contributed by atoms with Crippen molar-refractivity contribution in [1.29, 1.82) is 0 Å². The van der Waals surface area contributed by atoms with Crippen LogP contribution in [-0.2, 0) is 0 Å². The monoisotopic (exact) mass is 296 g/mol. The topological polar surface area (TPSA) is 24.9 Å². The zero-order valence-corrected chi connectivity index (χ0v) is 12.6. The van der Waals surface area contributed by atoms with Crippen LogP contribution in [0.3, 0.4) is 0 Å². The molecule has 1 aromatic heterocycles. The van der Waals surface area contributed by atoms with Crippen molar-refractivity contribution in [2.24, 2.45) is 0 Å². The third kappa shape index (κ3) is 3.07. The minimum absolute atomic E-state index is 0.0540. The van der Waals surface area contributed by atoms with Crippen LogP contribution in [0.2, 0.25) is 5.02 Å². The van der Waals surface area contributed by atoms with Gasteiger partial charge in [-0.3, -0.25) is 4.98 Å². The summed E-state index contributed by atoms with van der Waals surface area (Å²) in [5, 5.41) is 5.39. The van der Waals surface area contributed by atoms with Crippen molar-refractivity contribution >= 4 is 22.5 Å². The third-order valence-electron chi connectivity index (χ3n) is 3.51. The van der Waals surface area contributed by atoms with Crippen molar-refractivity contribution < 1.29 is 0 Å². The van der Waals surface area contributed by atoms with Crippen LogP contribution in [0.15, 0.2) is 60.7 Å². The number of aromatic nitrogens is 1. The second kappa shape index (κ2) is 6.25. The number of hydrogen-bond acceptors (Lipinski definition) is 2. The number of rotatable bonds is 4. The van der Waals surface area contributed by atoms with Gasteiger partial charge in [-0.05, 0) is 36.4 Å². The fraction of sp³-hybridized carbons (Fsp3) is 0.167. The summed E-state index contributed by atoms with van der Waals surface area (Å²) >= 11 is 6.12. The average Bonchev–Trinajstić information content (AvgIpc) is 2.52. The lowest BCUT2D eigenvalue weighted by Gasteiger charge is -2.18. The summed E-state index contributed by atoms with van der Waals surface area (Å²) < 4.78 is 0. The van der Waals surface area contributed by atoms with Crippen LogP contribution in [0.25, 0.3) is 10.9 Å². The highest BCUT2D eigenvalue weighted by Gasteiger charge is 2.15. The molecule has 0 amide bonds. The van der Waals surface area contributed by atoms with Gasteiger partial charge in [-0.25, -0.2) is 0 Å². The normalized spacial score (nSPS) is 12.5. The molecule has 21 heavy (non-hydrogen) atoms. The average molecular weight is 297 g/mol. The molecule has 3 heteroatoms. The largest absolute Gasteiger partial charge is 0.305 e. The van der Waals surface area contributed by atoms with Crippen LogP contribution in [0.5, 0.6) is 0 Å². The summed E-state index contributed by atoms with van der Waals surface area (Å²) in [7, 11) is 0. The van der Waals surface area contributed by atoms with Crippen molar-refractivity contribution in [1.82, 2.24) is 10.3 Å². The fourth-order valence-electron chi connectivity index (χ4n) is 2.53. The molecule has 1 heterocycles. The number of para-hydroxylation sites is 1. The van der Waals surface area contributed by atoms with E-state index >= 15 is 0 Å². The summed E-state index contributed by atoms with van der Waals surface area (Å²) in [5.74, 6) is 0. The number of fused-ring (bicyclic) bond motifs is 1. The van der Waals surface area contributed by atoms with Gasteiger partial charge in [-0.2, -0.15) is 0 Å². The molecule has 0 saturated heterocycles. The van der Waals surface area contributed by atoms with E-state index in [1.54, 1.807) is 0 Å². The number of pyridine rings is 1. The molecular weight excluding hydrogens is 280 g/mol. The number of benzene rings is 2. The quantitative estimate of drug-likeness (QED) is 0.762. The molecule has 0 saturated carbocycles. The maximum Gasteiger partial charge on any atom is 0.0752 e. The number of nitrogens with zero attached hydrogens (tertiary/aromatic N) is 1. The summed E-state index contributed by atoms with van der Waals surface area (Å²) in [6.07, 6.45) is 0. The summed E-state index contributed by atoms with van der Waals surface area (Å²) in [6.45, 7) is 2.96. The van der Waals surface area contributed by atoms with Gasteiger partial charge in [0.15, 0.2) is 0 Å². The molecule has 0 fully saturated rings. The molecular formula is C18H17ClN2. The van der Waals surface area contributed by atoms with Crippen molar-refractivity contribution in [3.63, 3.8) is 0 Å². The minimum Gasteiger partial charge on any atom is -0.305 e. The van der Waals surface area contributed by atoms with Gasteiger partial charge in [0.1, 0.15) is 0 Å². The van der Waals surface area contributed by atoms with E-state index in [2.05, 4.69) is 36.5 Å². The Kier molecular flexibility index (Phi) is 4.18. The smallest absolute Gasteiger partial charge is 0.0752 e. The molecule has 1 N–H and O–H groups in total. The molecule has 0 bridgehead atoms. The van der Waals surface area contributed by atoms with E-state index < -0.39 is 0 Å². The molecule has 0 aliphatic rings. The molecule has 2 nitrogen and oxygen atoms in total. The number of nitrogens with one attached hydrogen (secondary N) is 1. The van der Waals surface area contributed by atoms with Gasteiger partial charge in [-0.1, -0.05) is 54.9 Å². The third-order valence-corrected chi connectivity index (χ3v) is 3.74. The Morgan fingerprint density at radius 3 is 2.71 bits per heavy atom.